The van der Waals surface area contributed by atoms with Gasteiger partial charge in [0.05, 0.1) is 11.6 Å². The maximum Gasteiger partial charge on any atom is 0.124 e. The van der Waals surface area contributed by atoms with E-state index < -0.39 is 0 Å². The van der Waals surface area contributed by atoms with Crippen molar-refractivity contribution in [1.29, 1.82) is 0 Å². The number of hydrogen-bond donors (Lipinski definition) is 2. The zero-order valence-electron chi connectivity index (χ0n) is 14.6. The van der Waals surface area contributed by atoms with Crippen LogP contribution in [0.2, 0.25) is 0 Å². The van der Waals surface area contributed by atoms with Crippen LogP contribution in [-0.4, -0.2) is 10.9 Å². The van der Waals surface area contributed by atoms with Gasteiger partial charge in [0.25, 0.3) is 0 Å². The van der Waals surface area contributed by atoms with Crippen LogP contribution in [0.3, 0.4) is 0 Å². The normalized spacial score (nSPS) is 24.5. The molecule has 0 spiro atoms. The van der Waals surface area contributed by atoms with Gasteiger partial charge < -0.3 is 10.5 Å². The molecular weight excluding hydrogens is 320 g/mol. The molecule has 1 aliphatic rings. The van der Waals surface area contributed by atoms with Gasteiger partial charge in [-0.25, -0.2) is 0 Å². The van der Waals surface area contributed by atoms with Crippen molar-refractivity contribution < 1.29 is 10.5 Å². The van der Waals surface area contributed by atoms with Crippen LogP contribution in [0, 0.1) is 0 Å². The van der Waals surface area contributed by atoms with E-state index in [1.807, 2.05) is 18.2 Å². The van der Waals surface area contributed by atoms with Crippen molar-refractivity contribution in [3.05, 3.63) is 108 Å². The summed E-state index contributed by atoms with van der Waals surface area (Å²) in [5.74, 6) is 0.0589. The third kappa shape index (κ3) is 3.26. The highest BCUT2D eigenvalue weighted by molar-refractivity contribution is 5.92. The number of oxime groups is 1. The van der Waals surface area contributed by atoms with Gasteiger partial charge in [-0.2, -0.15) is 0 Å². The number of quaternary nitrogens is 1. The van der Waals surface area contributed by atoms with Gasteiger partial charge in [0.1, 0.15) is 12.1 Å². The molecule has 0 saturated carbocycles. The molecule has 3 atom stereocenters. The van der Waals surface area contributed by atoms with Gasteiger partial charge in [0, 0.05) is 17.5 Å². The Morgan fingerprint density at radius 3 is 1.73 bits per heavy atom. The van der Waals surface area contributed by atoms with Crippen molar-refractivity contribution in [3.8, 4) is 0 Å². The van der Waals surface area contributed by atoms with Crippen LogP contribution in [0.5, 0.6) is 0 Å². The first-order valence-corrected chi connectivity index (χ1v) is 9.07. The van der Waals surface area contributed by atoms with E-state index in [0.717, 1.165) is 12.1 Å². The summed E-state index contributed by atoms with van der Waals surface area (Å²) in [7, 11) is 0. The van der Waals surface area contributed by atoms with Crippen molar-refractivity contribution in [2.24, 2.45) is 5.16 Å². The summed E-state index contributed by atoms with van der Waals surface area (Å²) < 4.78 is 0. The summed E-state index contributed by atoms with van der Waals surface area (Å²) in [6.45, 7) is 0. The summed E-state index contributed by atoms with van der Waals surface area (Å²) in [5, 5.41) is 16.0. The summed E-state index contributed by atoms with van der Waals surface area (Å²) in [4.78, 5) is 0. The van der Waals surface area contributed by atoms with Crippen LogP contribution < -0.4 is 5.32 Å². The van der Waals surface area contributed by atoms with Crippen molar-refractivity contribution >= 4 is 5.71 Å². The molecule has 130 valence electrons. The van der Waals surface area contributed by atoms with Crippen LogP contribution in [0.4, 0.5) is 0 Å². The maximum atomic E-state index is 9.83. The summed E-state index contributed by atoms with van der Waals surface area (Å²) in [5.41, 5.74) is 4.56. The minimum Gasteiger partial charge on any atom is -0.411 e. The van der Waals surface area contributed by atoms with Crippen LogP contribution in [0.1, 0.15) is 41.1 Å². The molecule has 0 aromatic heterocycles. The van der Waals surface area contributed by atoms with Gasteiger partial charge >= 0.3 is 0 Å². The third-order valence-electron chi connectivity index (χ3n) is 5.29. The second kappa shape index (κ2) is 7.54. The van der Waals surface area contributed by atoms with Crippen molar-refractivity contribution in [2.75, 3.05) is 0 Å². The maximum absolute atomic E-state index is 9.83. The van der Waals surface area contributed by atoms with E-state index in [4.69, 9.17) is 0 Å². The van der Waals surface area contributed by atoms with Crippen molar-refractivity contribution in [1.82, 2.24) is 0 Å². The van der Waals surface area contributed by atoms with E-state index in [0.29, 0.717) is 0 Å². The molecule has 0 amide bonds. The van der Waals surface area contributed by atoms with Gasteiger partial charge in [0.15, 0.2) is 0 Å². The highest BCUT2D eigenvalue weighted by Crippen LogP contribution is 2.36. The molecule has 0 radical (unpaired) electrons. The quantitative estimate of drug-likeness (QED) is 0.547. The minimum absolute atomic E-state index is 0.0589. The smallest absolute Gasteiger partial charge is 0.124 e. The molecule has 3 nitrogen and oxygen atoms in total. The van der Waals surface area contributed by atoms with E-state index in [2.05, 4.69) is 83.3 Å². The number of hydrogen-bond acceptors (Lipinski definition) is 2. The zero-order chi connectivity index (χ0) is 17.8. The summed E-state index contributed by atoms with van der Waals surface area (Å²) in [6.07, 6.45) is 0.739. The molecule has 1 heterocycles. The molecular formula is C23H23N2O+. The topological polar surface area (TPSA) is 49.2 Å². The van der Waals surface area contributed by atoms with E-state index in [1.54, 1.807) is 0 Å². The fourth-order valence-electron chi connectivity index (χ4n) is 4.06. The van der Waals surface area contributed by atoms with Gasteiger partial charge in [-0.15, -0.1) is 0 Å². The lowest BCUT2D eigenvalue weighted by Crippen LogP contribution is -2.89. The predicted molar refractivity (Wildman–Crippen MR) is 103 cm³/mol. The Bertz CT molecular complexity index is 862. The average molecular weight is 343 g/mol. The Kier molecular flexibility index (Phi) is 4.80. The molecule has 1 aliphatic heterocycles. The van der Waals surface area contributed by atoms with E-state index >= 15 is 0 Å². The lowest BCUT2D eigenvalue weighted by molar-refractivity contribution is -0.738. The van der Waals surface area contributed by atoms with Gasteiger partial charge in [-0.05, 0) is 5.56 Å². The zero-order valence-corrected chi connectivity index (χ0v) is 14.6. The average Bonchev–Trinajstić information content (AvgIpc) is 2.74. The van der Waals surface area contributed by atoms with Crippen molar-refractivity contribution in [3.63, 3.8) is 0 Å². The second-order valence-corrected chi connectivity index (χ2v) is 6.83. The number of piperidine rings is 1. The highest BCUT2D eigenvalue weighted by Gasteiger charge is 2.41. The van der Waals surface area contributed by atoms with Gasteiger partial charge in [-0.1, -0.05) is 96.2 Å². The Morgan fingerprint density at radius 1 is 0.692 bits per heavy atom. The number of nitrogens with two attached hydrogens (primary N) is 1. The summed E-state index contributed by atoms with van der Waals surface area (Å²) >= 11 is 0. The Labute approximate surface area is 154 Å². The monoisotopic (exact) mass is 343 g/mol. The number of nitrogens with zero attached hydrogens (tertiary/aromatic N) is 1. The first-order valence-electron chi connectivity index (χ1n) is 9.07. The van der Waals surface area contributed by atoms with Gasteiger partial charge in [-0.3, -0.25) is 0 Å². The Hall–Kier alpha value is -2.91. The lowest BCUT2D eigenvalue weighted by Gasteiger charge is -2.35. The molecule has 3 aromatic carbocycles. The molecule has 0 aliphatic carbocycles. The molecule has 1 saturated heterocycles. The molecule has 4 rings (SSSR count). The minimum atomic E-state index is 0.0589. The number of rotatable bonds is 3. The SMILES string of the molecule is O/N=C1/C[C@@H](c2ccccc2)[NH2+][C@@H](c2ccccc2)[C@H]1c1ccccc1. The van der Waals surface area contributed by atoms with E-state index in [9.17, 15) is 5.21 Å². The molecule has 3 N–H and O–H groups in total. The van der Waals surface area contributed by atoms with E-state index in [1.165, 1.54) is 16.7 Å². The largest absolute Gasteiger partial charge is 0.411 e. The fraction of sp³-hybridized carbons (Fsp3) is 0.174. The first kappa shape index (κ1) is 16.6. The predicted octanol–water partition coefficient (Wildman–Crippen LogP) is 4.05. The van der Waals surface area contributed by atoms with Crippen LogP contribution in [0.15, 0.2) is 96.2 Å². The molecule has 26 heavy (non-hydrogen) atoms. The molecule has 0 unspecified atom stereocenters. The Morgan fingerprint density at radius 2 is 1.19 bits per heavy atom. The molecule has 0 bridgehead atoms. The lowest BCUT2D eigenvalue weighted by atomic mass is 9.77. The van der Waals surface area contributed by atoms with Crippen LogP contribution >= 0.6 is 0 Å². The fourth-order valence-corrected chi connectivity index (χ4v) is 4.06. The molecule has 3 heteroatoms. The third-order valence-corrected chi connectivity index (χ3v) is 5.29. The van der Waals surface area contributed by atoms with Crippen molar-refractivity contribution in [2.45, 2.75) is 24.4 Å². The number of benzene rings is 3. The van der Waals surface area contributed by atoms with Gasteiger partial charge in [0.2, 0.25) is 0 Å². The van der Waals surface area contributed by atoms with Crippen LogP contribution in [-0.2, 0) is 0 Å². The first-order chi connectivity index (χ1) is 12.9. The highest BCUT2D eigenvalue weighted by atomic mass is 16.4. The Balaban J connectivity index is 1.78. The second-order valence-electron chi connectivity index (χ2n) is 6.83. The molecule has 1 fully saturated rings. The standard InChI is InChI=1S/C23H22N2O/c26-25-21-16-20(17-10-4-1-5-11-17)24-23(19-14-8-3-9-15-19)22(21)18-12-6-2-7-13-18/h1-15,20,22-24,26H,16H2/p+1/b25-21-/t20-,22-,23-/m0/s1. The molecule has 3 aromatic rings. The van der Waals surface area contributed by atoms with E-state index in [-0.39, 0.29) is 18.0 Å². The summed E-state index contributed by atoms with van der Waals surface area (Å²) in [6, 6.07) is 31.8. The van der Waals surface area contributed by atoms with Crippen LogP contribution in [0.25, 0.3) is 0 Å².